The molecular formula is C14H16N4O4. The minimum absolute atomic E-state index is 0.133. The van der Waals surface area contributed by atoms with Gasteiger partial charge in [-0.15, -0.1) is 0 Å². The molecule has 116 valence electrons. The quantitative estimate of drug-likeness (QED) is 0.674. The summed E-state index contributed by atoms with van der Waals surface area (Å²) in [5.41, 5.74) is 5.26. The van der Waals surface area contributed by atoms with E-state index < -0.39 is 9.85 Å². The third kappa shape index (κ3) is 2.95. The second-order valence-electron chi connectivity index (χ2n) is 5.30. The highest BCUT2D eigenvalue weighted by atomic mass is 16.6. The van der Waals surface area contributed by atoms with Gasteiger partial charge in [-0.2, -0.15) is 5.10 Å². The van der Waals surface area contributed by atoms with Crippen molar-refractivity contribution >= 4 is 22.8 Å². The van der Waals surface area contributed by atoms with E-state index >= 15 is 0 Å². The molecule has 2 rings (SSSR count). The van der Waals surface area contributed by atoms with E-state index in [9.17, 15) is 20.2 Å². The molecule has 8 nitrogen and oxygen atoms in total. The summed E-state index contributed by atoms with van der Waals surface area (Å²) in [7, 11) is 0. The number of nitro benzene ring substituents is 2. The summed E-state index contributed by atoms with van der Waals surface area (Å²) in [5.74, 6) is 0.396. The molecule has 8 heteroatoms. The van der Waals surface area contributed by atoms with Gasteiger partial charge < -0.3 is 0 Å². The Labute approximate surface area is 126 Å². The summed E-state index contributed by atoms with van der Waals surface area (Å²) in [4.78, 5) is 20.4. The van der Waals surface area contributed by atoms with Crippen molar-refractivity contribution in [3.05, 3.63) is 49.6 Å². The molecule has 0 saturated carbocycles. The zero-order valence-electron chi connectivity index (χ0n) is 12.5. The van der Waals surface area contributed by atoms with Crippen LogP contribution in [-0.2, 0) is 0 Å². The highest BCUT2D eigenvalue weighted by Gasteiger charge is 2.23. The molecule has 1 aliphatic rings. The van der Waals surface area contributed by atoms with Crippen LogP contribution >= 0.6 is 0 Å². The van der Waals surface area contributed by atoms with Crippen molar-refractivity contribution in [3.63, 3.8) is 0 Å². The Hall–Kier alpha value is -2.77. The van der Waals surface area contributed by atoms with E-state index in [-0.39, 0.29) is 17.1 Å². The minimum Gasteiger partial charge on any atom is -0.271 e. The Morgan fingerprint density at radius 3 is 2.41 bits per heavy atom. The predicted molar refractivity (Wildman–Crippen MR) is 83.0 cm³/mol. The van der Waals surface area contributed by atoms with Crippen LogP contribution in [0.4, 0.5) is 17.1 Å². The molecule has 0 aliphatic heterocycles. The molecule has 1 unspecified atom stereocenters. The van der Waals surface area contributed by atoms with E-state index in [1.54, 1.807) is 0 Å². The fraction of sp³-hybridized carbons (Fsp3) is 0.357. The van der Waals surface area contributed by atoms with E-state index in [1.165, 1.54) is 17.7 Å². The lowest BCUT2D eigenvalue weighted by atomic mass is 10.1. The van der Waals surface area contributed by atoms with E-state index in [1.807, 2.05) is 13.8 Å². The lowest BCUT2D eigenvalue weighted by molar-refractivity contribution is -0.393. The van der Waals surface area contributed by atoms with Crippen molar-refractivity contribution in [1.82, 2.24) is 0 Å². The van der Waals surface area contributed by atoms with Gasteiger partial charge in [0, 0.05) is 6.07 Å². The molecule has 0 fully saturated rings. The van der Waals surface area contributed by atoms with Crippen LogP contribution in [0.5, 0.6) is 0 Å². The van der Waals surface area contributed by atoms with Gasteiger partial charge in [0.1, 0.15) is 5.69 Å². The first kappa shape index (κ1) is 15.6. The first-order chi connectivity index (χ1) is 10.3. The molecule has 0 heterocycles. The van der Waals surface area contributed by atoms with Gasteiger partial charge in [-0.1, -0.05) is 12.5 Å². The molecule has 1 aromatic rings. The Bertz CT molecular complexity index is 709. The number of nitrogens with zero attached hydrogens (tertiary/aromatic N) is 3. The van der Waals surface area contributed by atoms with Crippen LogP contribution in [0.15, 0.2) is 34.4 Å². The number of nitrogens with one attached hydrogen (secondary N) is 1. The van der Waals surface area contributed by atoms with E-state index in [4.69, 9.17) is 0 Å². The van der Waals surface area contributed by atoms with Crippen molar-refractivity contribution in [2.24, 2.45) is 11.0 Å². The van der Waals surface area contributed by atoms with Crippen LogP contribution in [0.2, 0.25) is 0 Å². The second kappa shape index (κ2) is 5.92. The normalized spacial score (nSPS) is 19.6. The summed E-state index contributed by atoms with van der Waals surface area (Å²) in [6.45, 7) is 6.09. The Kier molecular flexibility index (Phi) is 4.20. The number of nitro groups is 2. The number of allylic oxidation sites excluding steroid dienone is 2. The summed E-state index contributed by atoms with van der Waals surface area (Å²) >= 11 is 0. The molecule has 0 bridgehead atoms. The fourth-order valence-electron chi connectivity index (χ4n) is 2.33. The summed E-state index contributed by atoms with van der Waals surface area (Å²) in [5, 5.41) is 26.0. The number of hydrogen-bond acceptors (Lipinski definition) is 6. The molecule has 1 N–H and O–H groups in total. The lowest BCUT2D eigenvalue weighted by Crippen LogP contribution is -2.03. The molecule has 0 radical (unpaired) electrons. The van der Waals surface area contributed by atoms with Gasteiger partial charge in [0.2, 0.25) is 0 Å². The monoisotopic (exact) mass is 304 g/mol. The second-order valence-corrected chi connectivity index (χ2v) is 5.30. The van der Waals surface area contributed by atoms with E-state index in [0.29, 0.717) is 5.92 Å². The van der Waals surface area contributed by atoms with Crippen molar-refractivity contribution in [2.75, 3.05) is 5.43 Å². The van der Waals surface area contributed by atoms with Crippen LogP contribution < -0.4 is 5.43 Å². The fourth-order valence-corrected chi connectivity index (χ4v) is 2.33. The number of hydrogen-bond donors (Lipinski definition) is 1. The summed E-state index contributed by atoms with van der Waals surface area (Å²) < 4.78 is 0. The van der Waals surface area contributed by atoms with E-state index in [2.05, 4.69) is 17.5 Å². The smallest absolute Gasteiger partial charge is 0.271 e. The third-order valence-corrected chi connectivity index (χ3v) is 3.96. The van der Waals surface area contributed by atoms with Crippen LogP contribution in [0.25, 0.3) is 0 Å². The van der Waals surface area contributed by atoms with Gasteiger partial charge >= 0.3 is 5.69 Å². The highest BCUT2D eigenvalue weighted by molar-refractivity contribution is 6.03. The summed E-state index contributed by atoms with van der Waals surface area (Å²) in [6, 6.07) is 3.43. The Morgan fingerprint density at radius 2 is 1.91 bits per heavy atom. The van der Waals surface area contributed by atoms with Gasteiger partial charge in [-0.05, 0) is 37.8 Å². The summed E-state index contributed by atoms with van der Waals surface area (Å²) in [6.07, 6.45) is 0.769. The van der Waals surface area contributed by atoms with Crippen LogP contribution in [0.1, 0.15) is 27.2 Å². The Morgan fingerprint density at radius 1 is 1.23 bits per heavy atom. The predicted octanol–water partition coefficient (Wildman–Crippen LogP) is 3.65. The molecule has 1 aromatic carbocycles. The van der Waals surface area contributed by atoms with Gasteiger partial charge in [-0.25, -0.2) is 0 Å². The molecule has 0 aromatic heterocycles. The minimum atomic E-state index is -0.669. The molecule has 0 amide bonds. The SMILES string of the molecule is CC1=C(C)C(C)CC1=NNc1ccc([N+](=O)[O-])cc1[N+](=O)[O-]. The standard InChI is InChI=1S/C14H16N4O4/c1-8-6-13(10(3)9(8)2)16-15-12-5-4-11(17(19)20)7-14(12)18(21)22/h4-5,7-8,15H,6H2,1-3H3. The number of anilines is 1. The van der Waals surface area contributed by atoms with Crippen LogP contribution in [0.3, 0.4) is 0 Å². The molecule has 1 aliphatic carbocycles. The first-order valence-electron chi connectivity index (χ1n) is 6.74. The van der Waals surface area contributed by atoms with Crippen molar-refractivity contribution in [2.45, 2.75) is 27.2 Å². The Balaban J connectivity index is 2.31. The number of non-ortho nitro benzene ring substituents is 1. The first-order valence-corrected chi connectivity index (χ1v) is 6.74. The largest absolute Gasteiger partial charge is 0.301 e. The zero-order valence-corrected chi connectivity index (χ0v) is 12.5. The van der Waals surface area contributed by atoms with Crippen LogP contribution in [0, 0.1) is 26.1 Å². The van der Waals surface area contributed by atoms with Gasteiger partial charge in [0.15, 0.2) is 0 Å². The average molecular weight is 304 g/mol. The third-order valence-electron chi connectivity index (χ3n) is 3.96. The molecule has 0 saturated heterocycles. The number of benzene rings is 1. The maximum atomic E-state index is 11.0. The molecule has 22 heavy (non-hydrogen) atoms. The van der Waals surface area contributed by atoms with Crippen molar-refractivity contribution < 1.29 is 9.85 Å². The number of hydrazone groups is 1. The van der Waals surface area contributed by atoms with Crippen molar-refractivity contribution in [3.8, 4) is 0 Å². The van der Waals surface area contributed by atoms with Crippen LogP contribution in [-0.4, -0.2) is 15.6 Å². The molecular weight excluding hydrogens is 288 g/mol. The van der Waals surface area contributed by atoms with Gasteiger partial charge in [-0.3, -0.25) is 25.7 Å². The molecule has 0 spiro atoms. The van der Waals surface area contributed by atoms with Crippen molar-refractivity contribution in [1.29, 1.82) is 0 Å². The molecule has 1 atom stereocenters. The van der Waals surface area contributed by atoms with Gasteiger partial charge in [0.25, 0.3) is 5.69 Å². The van der Waals surface area contributed by atoms with Gasteiger partial charge in [0.05, 0.1) is 21.6 Å². The average Bonchev–Trinajstić information content (AvgIpc) is 2.72. The number of rotatable bonds is 4. The highest BCUT2D eigenvalue weighted by Crippen LogP contribution is 2.31. The maximum Gasteiger partial charge on any atom is 0.301 e. The maximum absolute atomic E-state index is 11.0. The topological polar surface area (TPSA) is 111 Å². The van der Waals surface area contributed by atoms with E-state index in [0.717, 1.165) is 23.8 Å². The lowest BCUT2D eigenvalue weighted by Gasteiger charge is -2.04. The zero-order chi connectivity index (χ0) is 16.4.